The Bertz CT molecular complexity index is 446. The molecule has 0 saturated carbocycles. The lowest BCUT2D eigenvalue weighted by Gasteiger charge is -2.36. The number of fused-ring (bicyclic) bond motifs is 1. The maximum atomic E-state index is 3.68. The topological polar surface area (TPSA) is 39.3 Å². The van der Waals surface area contributed by atoms with E-state index in [1.807, 2.05) is 0 Å². The fraction of sp³-hybridized carbons (Fsp3) is 0.625. The number of para-hydroxylation sites is 2. The van der Waals surface area contributed by atoms with E-state index in [1.54, 1.807) is 0 Å². The Morgan fingerprint density at radius 1 is 1.15 bits per heavy atom. The lowest BCUT2D eigenvalue weighted by molar-refractivity contribution is 0.232. The van der Waals surface area contributed by atoms with E-state index in [9.17, 15) is 0 Å². The van der Waals surface area contributed by atoms with Gasteiger partial charge in [-0.05, 0) is 24.5 Å². The minimum absolute atomic E-state index is 0.401. The van der Waals surface area contributed by atoms with E-state index in [1.165, 1.54) is 17.8 Å². The minimum atomic E-state index is 0.401. The zero-order valence-electron chi connectivity index (χ0n) is 12.5. The highest BCUT2D eigenvalue weighted by Crippen LogP contribution is 2.26. The van der Waals surface area contributed by atoms with Crippen molar-refractivity contribution in [2.24, 2.45) is 5.92 Å². The summed E-state index contributed by atoms with van der Waals surface area (Å²) in [5, 5.41) is 10.9. The number of nitrogens with one attached hydrogen (secondary N) is 3. The summed E-state index contributed by atoms with van der Waals surface area (Å²) in [5.41, 5.74) is 2.44. The average Bonchev–Trinajstić information content (AvgIpc) is 2.73. The second-order valence-corrected chi connectivity index (χ2v) is 6.22. The van der Waals surface area contributed by atoms with Gasteiger partial charge in [0.2, 0.25) is 0 Å². The number of hydrogen-bond donors (Lipinski definition) is 3. The Hall–Kier alpha value is -1.26. The normalized spacial score (nSPS) is 27.4. The SMILES string of the molecule is CC(C)C1CCN(C2CNc3ccccc3N2)CCN1. The van der Waals surface area contributed by atoms with E-state index in [-0.39, 0.29) is 0 Å². The van der Waals surface area contributed by atoms with Crippen molar-refractivity contribution in [3.63, 3.8) is 0 Å². The molecular formula is C16H26N4. The summed E-state index contributed by atoms with van der Waals surface area (Å²) in [6, 6.07) is 9.12. The standard InChI is InChI=1S/C16H26N4/c1-12(2)13-7-9-20(10-8-17-13)16-11-18-14-5-3-4-6-15(14)19-16/h3-6,12-13,16-19H,7-11H2,1-2H3. The number of hydrogen-bond acceptors (Lipinski definition) is 4. The molecule has 0 amide bonds. The molecule has 0 spiro atoms. The monoisotopic (exact) mass is 274 g/mol. The fourth-order valence-electron chi connectivity index (χ4n) is 3.21. The van der Waals surface area contributed by atoms with Crippen LogP contribution in [0, 0.1) is 5.92 Å². The maximum Gasteiger partial charge on any atom is 0.0971 e. The Balaban J connectivity index is 1.63. The zero-order chi connectivity index (χ0) is 13.9. The third-order valence-corrected chi connectivity index (χ3v) is 4.51. The summed E-state index contributed by atoms with van der Waals surface area (Å²) in [4.78, 5) is 2.57. The molecule has 2 aliphatic rings. The number of benzene rings is 1. The summed E-state index contributed by atoms with van der Waals surface area (Å²) in [6.07, 6.45) is 1.63. The molecule has 1 saturated heterocycles. The van der Waals surface area contributed by atoms with E-state index in [4.69, 9.17) is 0 Å². The van der Waals surface area contributed by atoms with Gasteiger partial charge < -0.3 is 16.0 Å². The van der Waals surface area contributed by atoms with Gasteiger partial charge in [-0.2, -0.15) is 0 Å². The quantitative estimate of drug-likeness (QED) is 0.773. The first-order valence-electron chi connectivity index (χ1n) is 7.81. The van der Waals surface area contributed by atoms with Crippen LogP contribution in [0.15, 0.2) is 24.3 Å². The molecule has 0 bridgehead atoms. The molecule has 0 aliphatic carbocycles. The smallest absolute Gasteiger partial charge is 0.0971 e. The molecule has 2 atom stereocenters. The summed E-state index contributed by atoms with van der Waals surface area (Å²) in [7, 11) is 0. The Morgan fingerprint density at radius 2 is 1.95 bits per heavy atom. The molecule has 1 aromatic carbocycles. The summed E-state index contributed by atoms with van der Waals surface area (Å²) < 4.78 is 0. The van der Waals surface area contributed by atoms with Crippen LogP contribution in [0.5, 0.6) is 0 Å². The summed E-state index contributed by atoms with van der Waals surface area (Å²) >= 11 is 0. The Labute approximate surface area is 121 Å². The minimum Gasteiger partial charge on any atom is -0.380 e. The van der Waals surface area contributed by atoms with Crippen molar-refractivity contribution in [2.75, 3.05) is 36.8 Å². The molecule has 2 unspecified atom stereocenters. The van der Waals surface area contributed by atoms with Gasteiger partial charge in [0.1, 0.15) is 0 Å². The first-order valence-corrected chi connectivity index (χ1v) is 7.81. The van der Waals surface area contributed by atoms with Crippen LogP contribution in [0.25, 0.3) is 0 Å². The van der Waals surface area contributed by atoms with Gasteiger partial charge in [0, 0.05) is 32.2 Å². The molecule has 2 heterocycles. The van der Waals surface area contributed by atoms with Crippen molar-refractivity contribution in [3.8, 4) is 0 Å². The van der Waals surface area contributed by atoms with Gasteiger partial charge >= 0.3 is 0 Å². The van der Waals surface area contributed by atoms with Crippen LogP contribution in [-0.4, -0.2) is 43.3 Å². The highest BCUT2D eigenvalue weighted by Gasteiger charge is 2.26. The lowest BCUT2D eigenvalue weighted by atomic mass is 10.0. The lowest BCUT2D eigenvalue weighted by Crippen LogP contribution is -2.48. The predicted octanol–water partition coefficient (Wildman–Crippen LogP) is 2.17. The van der Waals surface area contributed by atoms with E-state index in [0.29, 0.717) is 18.1 Å². The van der Waals surface area contributed by atoms with E-state index < -0.39 is 0 Å². The van der Waals surface area contributed by atoms with Crippen LogP contribution in [0.2, 0.25) is 0 Å². The first kappa shape index (κ1) is 13.7. The van der Waals surface area contributed by atoms with E-state index in [2.05, 4.69) is 59.0 Å². The fourth-order valence-corrected chi connectivity index (χ4v) is 3.21. The van der Waals surface area contributed by atoms with Crippen LogP contribution in [0.4, 0.5) is 11.4 Å². The highest BCUT2D eigenvalue weighted by atomic mass is 15.3. The molecule has 110 valence electrons. The third-order valence-electron chi connectivity index (χ3n) is 4.51. The third kappa shape index (κ3) is 2.91. The van der Waals surface area contributed by atoms with Crippen molar-refractivity contribution in [2.45, 2.75) is 32.5 Å². The van der Waals surface area contributed by atoms with Crippen molar-refractivity contribution in [1.29, 1.82) is 0 Å². The van der Waals surface area contributed by atoms with Crippen LogP contribution >= 0.6 is 0 Å². The second-order valence-electron chi connectivity index (χ2n) is 6.22. The Morgan fingerprint density at radius 3 is 2.75 bits per heavy atom. The maximum absolute atomic E-state index is 3.68. The molecule has 0 aromatic heterocycles. The van der Waals surface area contributed by atoms with Gasteiger partial charge in [0.15, 0.2) is 0 Å². The highest BCUT2D eigenvalue weighted by molar-refractivity contribution is 5.70. The summed E-state index contributed by atoms with van der Waals surface area (Å²) in [6.45, 7) is 8.96. The zero-order valence-corrected chi connectivity index (χ0v) is 12.5. The largest absolute Gasteiger partial charge is 0.380 e. The van der Waals surface area contributed by atoms with Gasteiger partial charge in [0.05, 0.1) is 17.5 Å². The van der Waals surface area contributed by atoms with Crippen molar-refractivity contribution in [3.05, 3.63) is 24.3 Å². The van der Waals surface area contributed by atoms with Gasteiger partial charge in [-0.25, -0.2) is 0 Å². The van der Waals surface area contributed by atoms with Gasteiger partial charge in [-0.1, -0.05) is 26.0 Å². The average molecular weight is 274 g/mol. The predicted molar refractivity (Wildman–Crippen MR) is 85.2 cm³/mol. The molecule has 20 heavy (non-hydrogen) atoms. The molecule has 3 N–H and O–H groups in total. The second kappa shape index (κ2) is 6.02. The molecule has 3 rings (SSSR count). The molecule has 2 aliphatic heterocycles. The number of anilines is 2. The van der Waals surface area contributed by atoms with Gasteiger partial charge in [-0.15, -0.1) is 0 Å². The van der Waals surface area contributed by atoms with Crippen molar-refractivity contribution >= 4 is 11.4 Å². The first-order chi connectivity index (χ1) is 9.74. The van der Waals surface area contributed by atoms with Crippen LogP contribution < -0.4 is 16.0 Å². The van der Waals surface area contributed by atoms with Crippen molar-refractivity contribution < 1.29 is 0 Å². The number of nitrogens with zero attached hydrogens (tertiary/aromatic N) is 1. The van der Waals surface area contributed by atoms with E-state index in [0.717, 1.165) is 26.2 Å². The van der Waals surface area contributed by atoms with Gasteiger partial charge in [-0.3, -0.25) is 4.90 Å². The van der Waals surface area contributed by atoms with E-state index >= 15 is 0 Å². The number of rotatable bonds is 2. The van der Waals surface area contributed by atoms with Gasteiger partial charge in [0.25, 0.3) is 0 Å². The molecular weight excluding hydrogens is 248 g/mol. The molecule has 1 aromatic rings. The molecule has 0 radical (unpaired) electrons. The summed E-state index contributed by atoms with van der Waals surface area (Å²) in [5.74, 6) is 0.716. The van der Waals surface area contributed by atoms with Crippen LogP contribution in [0.3, 0.4) is 0 Å². The van der Waals surface area contributed by atoms with Crippen molar-refractivity contribution in [1.82, 2.24) is 10.2 Å². The molecule has 4 heteroatoms. The van der Waals surface area contributed by atoms with Crippen LogP contribution in [-0.2, 0) is 0 Å². The molecule has 4 nitrogen and oxygen atoms in total. The Kier molecular flexibility index (Phi) is 4.13. The molecule has 1 fully saturated rings. The van der Waals surface area contributed by atoms with Crippen LogP contribution in [0.1, 0.15) is 20.3 Å².